The first-order valence-electron chi connectivity index (χ1n) is 12.6. The maximum Gasteiger partial charge on any atom is 0.160 e. The third kappa shape index (κ3) is 4.04. The molecule has 6 rings (SSSR count). The van der Waals surface area contributed by atoms with E-state index in [1.807, 2.05) is 36.4 Å². The Balaban J connectivity index is 1.66. The van der Waals surface area contributed by atoms with Crippen LogP contribution in [0.15, 0.2) is 151 Å². The van der Waals surface area contributed by atoms with Crippen LogP contribution in [0.4, 0.5) is 11.4 Å². The minimum Gasteiger partial charge on any atom is -0.264 e. The van der Waals surface area contributed by atoms with Gasteiger partial charge in [0, 0.05) is 5.56 Å². The minimum absolute atomic E-state index is 0.183. The van der Waals surface area contributed by atoms with E-state index < -0.39 is 5.54 Å². The summed E-state index contributed by atoms with van der Waals surface area (Å²) in [5, 5.41) is 2.09. The molecule has 1 atom stereocenters. The van der Waals surface area contributed by atoms with Crippen LogP contribution in [0.25, 0.3) is 0 Å². The molecule has 0 aromatic heterocycles. The van der Waals surface area contributed by atoms with Crippen molar-refractivity contribution in [3.63, 3.8) is 0 Å². The highest BCUT2D eigenvalue weighted by Gasteiger charge is 2.53. The molecule has 0 amide bonds. The fourth-order valence-corrected chi connectivity index (χ4v) is 5.21. The van der Waals surface area contributed by atoms with Gasteiger partial charge in [0.2, 0.25) is 0 Å². The predicted molar refractivity (Wildman–Crippen MR) is 151 cm³/mol. The number of para-hydroxylation sites is 2. The normalized spacial score (nSPS) is 15.9. The predicted octanol–water partition coefficient (Wildman–Crippen LogP) is 8.26. The summed E-state index contributed by atoms with van der Waals surface area (Å²) < 4.78 is 0. The summed E-state index contributed by atoms with van der Waals surface area (Å²) in [6, 6.07) is 50.1. The fourth-order valence-electron chi connectivity index (χ4n) is 5.21. The summed E-state index contributed by atoms with van der Waals surface area (Å²) in [6.45, 7) is 2.10. The average Bonchev–Trinajstić information content (AvgIpc) is 3.24. The minimum atomic E-state index is -0.801. The maximum absolute atomic E-state index is 6.97. The SMILES string of the molecule is CC(ON1c2ccccc2C(=Nc2ccccc2)C1(c1ccccc1)c1ccccc1)c1ccccc1. The van der Waals surface area contributed by atoms with Crippen LogP contribution >= 0.6 is 0 Å². The Bertz CT molecular complexity index is 1460. The summed E-state index contributed by atoms with van der Waals surface area (Å²) in [4.78, 5) is 12.3. The molecule has 0 radical (unpaired) electrons. The highest BCUT2D eigenvalue weighted by atomic mass is 16.7. The highest BCUT2D eigenvalue weighted by molar-refractivity contribution is 6.19. The van der Waals surface area contributed by atoms with Gasteiger partial charge in [-0.25, -0.2) is 10.1 Å². The average molecular weight is 481 g/mol. The van der Waals surface area contributed by atoms with Gasteiger partial charge in [-0.1, -0.05) is 127 Å². The molecule has 1 heterocycles. The molecule has 0 saturated heterocycles. The van der Waals surface area contributed by atoms with Gasteiger partial charge in [0.05, 0.1) is 17.1 Å². The first-order chi connectivity index (χ1) is 18.3. The van der Waals surface area contributed by atoms with Crippen LogP contribution in [-0.2, 0) is 10.4 Å². The Morgan fingerprint density at radius 1 is 0.595 bits per heavy atom. The van der Waals surface area contributed by atoms with Crippen molar-refractivity contribution in [3.05, 3.63) is 168 Å². The van der Waals surface area contributed by atoms with E-state index in [0.717, 1.165) is 39.3 Å². The van der Waals surface area contributed by atoms with Gasteiger partial charge in [-0.3, -0.25) is 4.84 Å². The summed E-state index contributed by atoms with van der Waals surface area (Å²) >= 11 is 0. The van der Waals surface area contributed by atoms with E-state index in [9.17, 15) is 0 Å². The van der Waals surface area contributed by atoms with Crippen molar-refractivity contribution < 1.29 is 4.84 Å². The van der Waals surface area contributed by atoms with Crippen LogP contribution in [0, 0.1) is 0 Å². The number of hydrogen-bond acceptors (Lipinski definition) is 3. The van der Waals surface area contributed by atoms with Gasteiger partial charge in [0.1, 0.15) is 6.10 Å². The van der Waals surface area contributed by atoms with E-state index >= 15 is 0 Å². The fraction of sp³-hybridized carbons (Fsp3) is 0.0882. The van der Waals surface area contributed by atoms with Gasteiger partial charge in [0.25, 0.3) is 0 Å². The molecule has 0 bridgehead atoms. The van der Waals surface area contributed by atoms with Crippen LogP contribution in [-0.4, -0.2) is 5.71 Å². The lowest BCUT2D eigenvalue weighted by Crippen LogP contribution is -2.49. The maximum atomic E-state index is 6.97. The van der Waals surface area contributed by atoms with Crippen molar-refractivity contribution in [2.45, 2.75) is 18.6 Å². The van der Waals surface area contributed by atoms with Crippen LogP contribution in [0.5, 0.6) is 0 Å². The second-order valence-electron chi connectivity index (χ2n) is 9.21. The zero-order valence-electron chi connectivity index (χ0n) is 20.7. The number of fused-ring (bicyclic) bond motifs is 1. The van der Waals surface area contributed by atoms with E-state index in [4.69, 9.17) is 9.83 Å². The molecular formula is C34H28N2O. The Morgan fingerprint density at radius 2 is 1.08 bits per heavy atom. The van der Waals surface area contributed by atoms with Gasteiger partial charge in [-0.05, 0) is 41.8 Å². The summed E-state index contributed by atoms with van der Waals surface area (Å²) in [7, 11) is 0. The van der Waals surface area contributed by atoms with Crippen molar-refractivity contribution in [2.24, 2.45) is 4.99 Å². The lowest BCUT2D eigenvalue weighted by molar-refractivity contribution is 0.0237. The monoisotopic (exact) mass is 480 g/mol. The second kappa shape index (κ2) is 9.88. The molecule has 3 nitrogen and oxygen atoms in total. The van der Waals surface area contributed by atoms with Crippen molar-refractivity contribution >= 4 is 17.1 Å². The molecule has 5 aromatic carbocycles. The highest BCUT2D eigenvalue weighted by Crippen LogP contribution is 2.51. The van der Waals surface area contributed by atoms with Crippen LogP contribution in [0.2, 0.25) is 0 Å². The van der Waals surface area contributed by atoms with E-state index in [-0.39, 0.29) is 6.10 Å². The Labute approximate surface area is 218 Å². The molecule has 5 aromatic rings. The number of nitrogens with zero attached hydrogens (tertiary/aromatic N) is 2. The van der Waals surface area contributed by atoms with E-state index in [2.05, 4.69) is 121 Å². The Kier molecular flexibility index (Phi) is 6.13. The molecule has 0 spiro atoms. The third-order valence-corrected chi connectivity index (χ3v) is 6.94. The molecule has 0 saturated carbocycles. The molecule has 1 unspecified atom stereocenters. The van der Waals surface area contributed by atoms with Crippen LogP contribution < -0.4 is 5.06 Å². The first-order valence-corrected chi connectivity index (χ1v) is 12.6. The van der Waals surface area contributed by atoms with E-state index in [1.54, 1.807) is 0 Å². The number of anilines is 1. The van der Waals surface area contributed by atoms with Gasteiger partial charge in [-0.15, -0.1) is 0 Å². The molecule has 37 heavy (non-hydrogen) atoms. The van der Waals surface area contributed by atoms with Crippen LogP contribution in [0.1, 0.15) is 35.3 Å². The summed E-state index contributed by atoms with van der Waals surface area (Å²) in [5.41, 5.74) is 6.38. The van der Waals surface area contributed by atoms with E-state index in [1.165, 1.54) is 0 Å². The lowest BCUT2D eigenvalue weighted by atomic mass is 9.78. The first kappa shape index (κ1) is 23.0. The van der Waals surface area contributed by atoms with Gasteiger partial charge in [-0.2, -0.15) is 0 Å². The molecule has 3 heteroatoms. The van der Waals surface area contributed by atoms with Crippen molar-refractivity contribution in [3.8, 4) is 0 Å². The molecule has 1 aliphatic heterocycles. The van der Waals surface area contributed by atoms with Gasteiger partial charge < -0.3 is 0 Å². The lowest BCUT2D eigenvalue weighted by Gasteiger charge is -2.41. The molecule has 0 fully saturated rings. The molecular weight excluding hydrogens is 452 g/mol. The summed E-state index contributed by atoms with van der Waals surface area (Å²) in [5.74, 6) is 0. The molecule has 0 aliphatic carbocycles. The summed E-state index contributed by atoms with van der Waals surface area (Å²) in [6.07, 6.45) is -0.183. The van der Waals surface area contributed by atoms with Crippen LogP contribution in [0.3, 0.4) is 0 Å². The van der Waals surface area contributed by atoms with Crippen molar-refractivity contribution in [2.75, 3.05) is 5.06 Å². The standard InChI is InChI=1S/C34H28N2O/c1-26(27-16-6-2-7-17-27)37-36-32-25-15-14-24-31(32)33(35-30-22-12-5-13-23-30)34(36,28-18-8-3-9-19-28)29-20-10-4-11-21-29/h2-26H,1H3. The van der Waals surface area contributed by atoms with Gasteiger partial charge in [0.15, 0.2) is 5.54 Å². The molecule has 1 aliphatic rings. The second-order valence-corrected chi connectivity index (χ2v) is 9.21. The number of rotatable bonds is 6. The quantitative estimate of drug-likeness (QED) is 0.244. The van der Waals surface area contributed by atoms with E-state index in [0.29, 0.717) is 0 Å². The third-order valence-electron chi connectivity index (χ3n) is 6.94. The smallest absolute Gasteiger partial charge is 0.160 e. The number of benzene rings is 5. The topological polar surface area (TPSA) is 24.8 Å². The Morgan fingerprint density at radius 3 is 1.68 bits per heavy atom. The van der Waals surface area contributed by atoms with Crippen molar-refractivity contribution in [1.29, 1.82) is 0 Å². The molecule has 0 N–H and O–H groups in total. The van der Waals surface area contributed by atoms with Gasteiger partial charge >= 0.3 is 0 Å². The number of hydroxylamine groups is 1. The zero-order valence-corrected chi connectivity index (χ0v) is 20.7. The van der Waals surface area contributed by atoms with Crippen molar-refractivity contribution in [1.82, 2.24) is 0 Å². The number of hydrogen-bond donors (Lipinski definition) is 0. The largest absolute Gasteiger partial charge is 0.264 e. The molecule has 180 valence electrons. The number of aliphatic imine (C=N–C) groups is 1. The zero-order chi connectivity index (χ0) is 25.1. The Hall–Kier alpha value is -4.47.